The van der Waals surface area contributed by atoms with E-state index in [0.29, 0.717) is 0 Å². The van der Waals surface area contributed by atoms with Gasteiger partial charge in [0.15, 0.2) is 0 Å². The van der Waals surface area contributed by atoms with Gasteiger partial charge in [-0.05, 0) is 56.6 Å². The molecule has 3 heteroatoms. The summed E-state index contributed by atoms with van der Waals surface area (Å²) in [5, 5.41) is 4.49. The van der Waals surface area contributed by atoms with E-state index in [0.717, 1.165) is 49.2 Å². The molecule has 0 saturated carbocycles. The van der Waals surface area contributed by atoms with Crippen LogP contribution in [-0.2, 0) is 0 Å². The van der Waals surface area contributed by atoms with Gasteiger partial charge >= 0.3 is 0 Å². The van der Waals surface area contributed by atoms with Crippen molar-refractivity contribution in [2.75, 3.05) is 19.7 Å². The minimum Gasteiger partial charge on any atom is -0.493 e. The first kappa shape index (κ1) is 13.8. The van der Waals surface area contributed by atoms with Crippen LogP contribution in [0.3, 0.4) is 0 Å². The number of ether oxygens (including phenoxy) is 1. The molecule has 0 saturated heterocycles. The number of hydrogen-bond donors (Lipinski definition) is 1. The average molecular weight is 258 g/mol. The molecule has 2 aromatic rings. The summed E-state index contributed by atoms with van der Waals surface area (Å²) in [5.74, 6) is 0.937. The van der Waals surface area contributed by atoms with Crippen LogP contribution in [0.1, 0.15) is 26.2 Å². The number of rotatable bonds is 8. The maximum Gasteiger partial charge on any atom is 0.128 e. The van der Waals surface area contributed by atoms with E-state index < -0.39 is 0 Å². The fraction of sp³-hybridized carbons (Fsp3) is 0.438. The van der Waals surface area contributed by atoms with Crippen LogP contribution in [0.15, 0.2) is 36.5 Å². The Hall–Kier alpha value is -1.61. The van der Waals surface area contributed by atoms with E-state index in [4.69, 9.17) is 4.74 Å². The number of unbranched alkanes of at least 4 members (excludes halogenated alkanes) is 1. The molecule has 1 aromatic heterocycles. The zero-order chi connectivity index (χ0) is 13.3. The van der Waals surface area contributed by atoms with E-state index in [1.807, 2.05) is 30.5 Å². The third-order valence-corrected chi connectivity index (χ3v) is 3.04. The van der Waals surface area contributed by atoms with E-state index in [1.165, 1.54) is 6.42 Å². The lowest BCUT2D eigenvalue weighted by atomic mass is 10.2. The van der Waals surface area contributed by atoms with Gasteiger partial charge in [-0.1, -0.05) is 13.0 Å². The number of fused-ring (bicyclic) bond motifs is 1. The Balaban J connectivity index is 1.78. The Morgan fingerprint density at radius 1 is 1.11 bits per heavy atom. The standard InChI is InChI=1S/C16H22N2O/c1-2-10-17-11-3-4-13-19-16-9-5-8-15-14(16)7-6-12-18-15/h5-9,12,17H,2-4,10-11,13H2,1H3. The minimum atomic E-state index is 0.766. The van der Waals surface area contributed by atoms with Gasteiger partial charge in [0.25, 0.3) is 0 Å². The summed E-state index contributed by atoms with van der Waals surface area (Å²) < 4.78 is 5.86. The summed E-state index contributed by atoms with van der Waals surface area (Å²) in [6.45, 7) is 5.14. The van der Waals surface area contributed by atoms with Crippen molar-refractivity contribution >= 4 is 10.9 Å². The molecule has 2 rings (SSSR count). The van der Waals surface area contributed by atoms with Crippen LogP contribution in [-0.4, -0.2) is 24.7 Å². The van der Waals surface area contributed by atoms with Crippen molar-refractivity contribution in [1.29, 1.82) is 0 Å². The van der Waals surface area contributed by atoms with Crippen molar-refractivity contribution in [2.24, 2.45) is 0 Å². The van der Waals surface area contributed by atoms with Crippen LogP contribution in [0.25, 0.3) is 10.9 Å². The molecule has 3 nitrogen and oxygen atoms in total. The summed E-state index contributed by atoms with van der Waals surface area (Å²) in [6.07, 6.45) is 5.24. The van der Waals surface area contributed by atoms with Crippen molar-refractivity contribution in [1.82, 2.24) is 10.3 Å². The molecule has 0 amide bonds. The molecule has 0 spiro atoms. The van der Waals surface area contributed by atoms with E-state index in [1.54, 1.807) is 0 Å². The second-order valence-corrected chi connectivity index (χ2v) is 4.63. The molecule has 1 N–H and O–H groups in total. The Morgan fingerprint density at radius 2 is 2.05 bits per heavy atom. The van der Waals surface area contributed by atoms with Crippen LogP contribution < -0.4 is 10.1 Å². The number of nitrogens with one attached hydrogen (secondary N) is 1. The van der Waals surface area contributed by atoms with Crippen LogP contribution >= 0.6 is 0 Å². The number of aromatic nitrogens is 1. The lowest BCUT2D eigenvalue weighted by Gasteiger charge is -2.09. The van der Waals surface area contributed by atoms with Crippen LogP contribution in [0.2, 0.25) is 0 Å². The highest BCUT2D eigenvalue weighted by molar-refractivity contribution is 5.84. The quantitative estimate of drug-likeness (QED) is 0.737. The first-order valence-corrected chi connectivity index (χ1v) is 7.09. The van der Waals surface area contributed by atoms with Crippen molar-refractivity contribution in [2.45, 2.75) is 26.2 Å². The van der Waals surface area contributed by atoms with Gasteiger partial charge in [0.2, 0.25) is 0 Å². The molecular weight excluding hydrogens is 236 g/mol. The Bertz CT molecular complexity index is 494. The number of nitrogens with zero attached hydrogens (tertiary/aromatic N) is 1. The van der Waals surface area contributed by atoms with Crippen LogP contribution in [0.5, 0.6) is 5.75 Å². The van der Waals surface area contributed by atoms with Crippen LogP contribution in [0, 0.1) is 0 Å². The molecule has 0 aliphatic heterocycles. The summed E-state index contributed by atoms with van der Waals surface area (Å²) in [5.41, 5.74) is 0.990. The molecule has 0 bridgehead atoms. The predicted octanol–water partition coefficient (Wildman–Crippen LogP) is 3.39. The van der Waals surface area contributed by atoms with Gasteiger partial charge in [0.05, 0.1) is 12.1 Å². The molecule has 0 radical (unpaired) electrons. The molecule has 0 aliphatic carbocycles. The first-order valence-electron chi connectivity index (χ1n) is 7.09. The molecule has 102 valence electrons. The Labute approximate surface area is 115 Å². The highest BCUT2D eigenvalue weighted by Crippen LogP contribution is 2.23. The number of hydrogen-bond acceptors (Lipinski definition) is 3. The molecule has 0 unspecified atom stereocenters. The Kier molecular flexibility index (Phi) is 5.63. The third kappa shape index (κ3) is 4.21. The van der Waals surface area contributed by atoms with Crippen LogP contribution in [0.4, 0.5) is 0 Å². The lowest BCUT2D eigenvalue weighted by Crippen LogP contribution is -2.16. The highest BCUT2D eigenvalue weighted by Gasteiger charge is 2.01. The number of benzene rings is 1. The Morgan fingerprint density at radius 3 is 2.95 bits per heavy atom. The fourth-order valence-electron chi connectivity index (χ4n) is 2.04. The molecular formula is C16H22N2O. The van der Waals surface area contributed by atoms with Crippen molar-refractivity contribution in [3.05, 3.63) is 36.5 Å². The van der Waals surface area contributed by atoms with Gasteiger partial charge in [0, 0.05) is 11.6 Å². The van der Waals surface area contributed by atoms with E-state index in [9.17, 15) is 0 Å². The van der Waals surface area contributed by atoms with Gasteiger partial charge in [-0.3, -0.25) is 4.98 Å². The van der Waals surface area contributed by atoms with Gasteiger partial charge < -0.3 is 10.1 Å². The van der Waals surface area contributed by atoms with Gasteiger partial charge in [-0.15, -0.1) is 0 Å². The summed E-state index contributed by atoms with van der Waals surface area (Å²) >= 11 is 0. The fourth-order valence-corrected chi connectivity index (χ4v) is 2.04. The molecule has 0 fully saturated rings. The maximum atomic E-state index is 5.86. The van der Waals surface area contributed by atoms with Crippen molar-refractivity contribution in [3.8, 4) is 5.75 Å². The predicted molar refractivity (Wildman–Crippen MR) is 79.6 cm³/mol. The lowest BCUT2D eigenvalue weighted by molar-refractivity contribution is 0.309. The average Bonchev–Trinajstić information content (AvgIpc) is 2.46. The van der Waals surface area contributed by atoms with Crippen molar-refractivity contribution in [3.63, 3.8) is 0 Å². The molecule has 1 heterocycles. The topological polar surface area (TPSA) is 34.1 Å². The van der Waals surface area contributed by atoms with E-state index in [-0.39, 0.29) is 0 Å². The monoisotopic (exact) mass is 258 g/mol. The summed E-state index contributed by atoms with van der Waals surface area (Å²) in [7, 11) is 0. The molecule has 0 atom stereocenters. The van der Waals surface area contributed by atoms with Gasteiger partial charge in [0.1, 0.15) is 5.75 Å². The highest BCUT2D eigenvalue weighted by atomic mass is 16.5. The minimum absolute atomic E-state index is 0.766. The van der Waals surface area contributed by atoms with E-state index >= 15 is 0 Å². The van der Waals surface area contributed by atoms with Gasteiger partial charge in [-0.25, -0.2) is 0 Å². The molecule has 1 aromatic carbocycles. The largest absolute Gasteiger partial charge is 0.493 e. The summed E-state index contributed by atoms with van der Waals surface area (Å²) in [4.78, 5) is 4.33. The molecule has 19 heavy (non-hydrogen) atoms. The first-order chi connectivity index (χ1) is 9.42. The smallest absolute Gasteiger partial charge is 0.128 e. The zero-order valence-corrected chi connectivity index (χ0v) is 11.6. The second kappa shape index (κ2) is 7.74. The normalized spacial score (nSPS) is 10.8. The van der Waals surface area contributed by atoms with Gasteiger partial charge in [-0.2, -0.15) is 0 Å². The SMILES string of the molecule is CCCNCCCCOc1cccc2ncccc12. The maximum absolute atomic E-state index is 5.86. The zero-order valence-electron chi connectivity index (χ0n) is 11.6. The summed E-state index contributed by atoms with van der Waals surface area (Å²) in [6, 6.07) is 10.0. The number of pyridine rings is 1. The second-order valence-electron chi connectivity index (χ2n) is 4.63. The third-order valence-electron chi connectivity index (χ3n) is 3.04. The van der Waals surface area contributed by atoms with E-state index in [2.05, 4.69) is 23.3 Å². The van der Waals surface area contributed by atoms with Crippen molar-refractivity contribution < 1.29 is 4.74 Å². The molecule has 0 aliphatic rings.